The summed E-state index contributed by atoms with van der Waals surface area (Å²) in [6, 6.07) is 15.0. The fraction of sp³-hybridized carbons (Fsp3) is 0.154. The lowest BCUT2D eigenvalue weighted by atomic mass is 9.98. The summed E-state index contributed by atoms with van der Waals surface area (Å²) in [5.41, 5.74) is 0.809. The second kappa shape index (κ2) is 9.66. The number of ether oxygens (including phenoxy) is 1. The highest BCUT2D eigenvalue weighted by Gasteiger charge is 2.47. The molecule has 0 spiro atoms. The summed E-state index contributed by atoms with van der Waals surface area (Å²) in [5.74, 6) is -3.32. The van der Waals surface area contributed by atoms with Gasteiger partial charge in [0.15, 0.2) is 0 Å². The number of pyridine rings is 1. The number of hydrogen-bond donors (Lipinski definition) is 1. The van der Waals surface area contributed by atoms with E-state index in [4.69, 9.17) is 4.74 Å². The lowest BCUT2D eigenvalue weighted by molar-refractivity contribution is -0.132. The van der Waals surface area contributed by atoms with E-state index in [1.165, 1.54) is 29.3 Å². The Morgan fingerprint density at radius 2 is 1.82 bits per heavy atom. The van der Waals surface area contributed by atoms with E-state index in [1.54, 1.807) is 36.4 Å². The molecule has 1 atom stereocenters. The molecule has 0 bridgehead atoms. The quantitative estimate of drug-likeness (QED) is 0.253. The Morgan fingerprint density at radius 1 is 1.06 bits per heavy atom. The van der Waals surface area contributed by atoms with Crippen LogP contribution < -0.4 is 4.90 Å². The molecule has 3 aromatic rings. The van der Waals surface area contributed by atoms with E-state index < -0.39 is 35.3 Å². The number of Topliss-reactive ketones (excluding diaryl/α,β-unsaturated/α-hetero) is 1. The van der Waals surface area contributed by atoms with Gasteiger partial charge in [-0.15, -0.1) is 0 Å². The summed E-state index contributed by atoms with van der Waals surface area (Å²) in [5, 5.41) is 11.0. The van der Waals surface area contributed by atoms with Crippen molar-refractivity contribution in [1.82, 2.24) is 4.98 Å². The zero-order chi connectivity index (χ0) is 24.2. The monoisotopic (exact) mass is 460 g/mol. The van der Waals surface area contributed by atoms with E-state index in [2.05, 4.69) is 4.98 Å². The minimum atomic E-state index is -1.06. The molecule has 1 aliphatic heterocycles. The van der Waals surface area contributed by atoms with Gasteiger partial charge in [-0.3, -0.25) is 19.5 Å². The second-order valence-electron chi connectivity index (χ2n) is 7.62. The van der Waals surface area contributed by atoms with Crippen LogP contribution in [0.2, 0.25) is 0 Å². The van der Waals surface area contributed by atoms with Crippen molar-refractivity contribution in [3.63, 3.8) is 0 Å². The predicted octanol–water partition coefficient (Wildman–Crippen LogP) is 4.41. The normalized spacial score (nSPS) is 17.1. The number of amides is 1. The molecule has 2 heterocycles. The number of aliphatic hydroxyl groups is 1. The minimum Gasteiger partial charge on any atom is -0.507 e. The summed E-state index contributed by atoms with van der Waals surface area (Å²) in [6.45, 7) is 2.12. The largest absolute Gasteiger partial charge is 0.507 e. The third-order valence-corrected chi connectivity index (χ3v) is 5.33. The van der Waals surface area contributed by atoms with E-state index >= 15 is 0 Å². The van der Waals surface area contributed by atoms with Crippen LogP contribution in [0.3, 0.4) is 0 Å². The average molecular weight is 460 g/mol. The Labute approximate surface area is 195 Å². The molecule has 0 saturated carbocycles. The number of benzene rings is 2. The number of hydrogen-bond acceptors (Lipinski definition) is 6. The van der Waals surface area contributed by atoms with Crippen molar-refractivity contribution in [3.05, 3.63) is 101 Å². The first-order valence-corrected chi connectivity index (χ1v) is 10.7. The molecule has 2 aromatic carbocycles. The molecule has 0 radical (unpaired) electrons. The first-order chi connectivity index (χ1) is 16.4. The highest BCUT2D eigenvalue weighted by molar-refractivity contribution is 6.51. The SMILES string of the molecule is CCCOC(=O)c1cccc(N2C(=O)C(=O)/C(=C(/O)c3ccc(F)cc3)C2c2ccccn2)c1. The van der Waals surface area contributed by atoms with Crippen LogP contribution in [0.15, 0.2) is 78.5 Å². The first kappa shape index (κ1) is 22.8. The summed E-state index contributed by atoms with van der Waals surface area (Å²) < 4.78 is 18.6. The molecule has 172 valence electrons. The molecule has 0 aliphatic carbocycles. The van der Waals surface area contributed by atoms with Crippen LogP contribution in [0, 0.1) is 5.82 Å². The van der Waals surface area contributed by atoms with Crippen LogP contribution >= 0.6 is 0 Å². The van der Waals surface area contributed by atoms with Gasteiger partial charge in [0, 0.05) is 17.4 Å². The number of aliphatic hydroxyl groups excluding tert-OH is 1. The highest BCUT2D eigenvalue weighted by Crippen LogP contribution is 2.41. The second-order valence-corrected chi connectivity index (χ2v) is 7.62. The molecule has 8 heteroatoms. The van der Waals surface area contributed by atoms with E-state index in [0.29, 0.717) is 12.1 Å². The maximum absolute atomic E-state index is 13.4. The number of ketones is 1. The van der Waals surface area contributed by atoms with Gasteiger partial charge in [-0.05, 0) is 61.0 Å². The van der Waals surface area contributed by atoms with E-state index in [1.807, 2.05) is 6.92 Å². The third kappa shape index (κ3) is 4.30. The zero-order valence-corrected chi connectivity index (χ0v) is 18.3. The summed E-state index contributed by atoms with van der Waals surface area (Å²) >= 11 is 0. The maximum Gasteiger partial charge on any atom is 0.338 e. The van der Waals surface area contributed by atoms with Crippen molar-refractivity contribution < 1.29 is 28.6 Å². The van der Waals surface area contributed by atoms with Crippen LogP contribution in [-0.2, 0) is 14.3 Å². The van der Waals surface area contributed by atoms with Crippen molar-refractivity contribution in [2.75, 3.05) is 11.5 Å². The van der Waals surface area contributed by atoms with Crippen molar-refractivity contribution in [3.8, 4) is 0 Å². The predicted molar refractivity (Wildman–Crippen MR) is 122 cm³/mol. The van der Waals surface area contributed by atoms with Crippen LogP contribution in [0.1, 0.15) is 41.0 Å². The third-order valence-electron chi connectivity index (χ3n) is 5.33. The van der Waals surface area contributed by atoms with E-state index in [0.717, 1.165) is 12.1 Å². The van der Waals surface area contributed by atoms with E-state index in [9.17, 15) is 23.9 Å². The Bertz CT molecular complexity index is 1270. The molecule has 1 aromatic heterocycles. The highest BCUT2D eigenvalue weighted by atomic mass is 19.1. The Kier molecular flexibility index (Phi) is 6.49. The van der Waals surface area contributed by atoms with Gasteiger partial charge < -0.3 is 9.84 Å². The molecule has 1 amide bonds. The molecule has 1 fully saturated rings. The molecule has 1 saturated heterocycles. The number of rotatable bonds is 6. The van der Waals surface area contributed by atoms with Crippen molar-refractivity contribution in [2.24, 2.45) is 0 Å². The number of carbonyl (C=O) groups is 3. The van der Waals surface area contributed by atoms with Gasteiger partial charge in [-0.1, -0.05) is 19.1 Å². The number of aromatic nitrogens is 1. The first-order valence-electron chi connectivity index (χ1n) is 10.7. The Hall–Kier alpha value is -4.33. The van der Waals surface area contributed by atoms with Crippen LogP contribution in [0.25, 0.3) is 5.76 Å². The molecule has 1 unspecified atom stereocenters. The summed E-state index contributed by atoms with van der Waals surface area (Å²) in [7, 11) is 0. The topological polar surface area (TPSA) is 96.8 Å². The fourth-order valence-electron chi connectivity index (χ4n) is 3.74. The van der Waals surface area contributed by atoms with Gasteiger partial charge in [0.05, 0.1) is 23.4 Å². The van der Waals surface area contributed by atoms with Crippen molar-refractivity contribution >= 4 is 29.1 Å². The lowest BCUT2D eigenvalue weighted by Crippen LogP contribution is -2.30. The standard InChI is InChI=1S/C26H21FN2O5/c1-2-14-34-26(33)17-6-5-7-19(15-17)29-22(20-8-3-4-13-28-20)21(24(31)25(29)32)23(30)16-9-11-18(27)12-10-16/h3-13,15,22,30H,2,14H2,1H3/b23-21+. The van der Waals surface area contributed by atoms with Crippen molar-refractivity contribution in [1.29, 1.82) is 0 Å². The molecule has 4 rings (SSSR count). The van der Waals surface area contributed by atoms with Gasteiger partial charge in [0.2, 0.25) is 0 Å². The van der Waals surface area contributed by atoms with E-state index in [-0.39, 0.29) is 29.0 Å². The molecule has 34 heavy (non-hydrogen) atoms. The van der Waals surface area contributed by atoms with Gasteiger partial charge in [0.25, 0.3) is 11.7 Å². The number of esters is 1. The Morgan fingerprint density at radius 3 is 2.50 bits per heavy atom. The van der Waals surface area contributed by atoms with Gasteiger partial charge in [-0.25, -0.2) is 9.18 Å². The number of anilines is 1. The number of halogens is 1. The lowest BCUT2D eigenvalue weighted by Gasteiger charge is -2.25. The minimum absolute atomic E-state index is 0.178. The van der Waals surface area contributed by atoms with Gasteiger partial charge in [0.1, 0.15) is 17.6 Å². The fourth-order valence-corrected chi connectivity index (χ4v) is 3.74. The Balaban J connectivity index is 1.85. The summed E-state index contributed by atoms with van der Waals surface area (Å²) in [4.78, 5) is 44.1. The van der Waals surface area contributed by atoms with Crippen LogP contribution in [0.4, 0.5) is 10.1 Å². The van der Waals surface area contributed by atoms with Crippen LogP contribution in [0.5, 0.6) is 0 Å². The zero-order valence-electron chi connectivity index (χ0n) is 18.3. The molecule has 1 N–H and O–H groups in total. The van der Waals surface area contributed by atoms with Gasteiger partial charge in [-0.2, -0.15) is 0 Å². The average Bonchev–Trinajstić information content (AvgIpc) is 3.13. The smallest absolute Gasteiger partial charge is 0.338 e. The molecule has 1 aliphatic rings. The van der Waals surface area contributed by atoms with Crippen molar-refractivity contribution in [2.45, 2.75) is 19.4 Å². The molecular formula is C26H21FN2O5. The number of carbonyl (C=O) groups excluding carboxylic acids is 3. The molecule has 7 nitrogen and oxygen atoms in total. The molecular weight excluding hydrogens is 439 g/mol. The van der Waals surface area contributed by atoms with Crippen LogP contribution in [-0.4, -0.2) is 34.4 Å². The maximum atomic E-state index is 13.4. The summed E-state index contributed by atoms with van der Waals surface area (Å²) in [6.07, 6.45) is 2.16. The number of nitrogens with zero attached hydrogens (tertiary/aromatic N) is 2. The van der Waals surface area contributed by atoms with Gasteiger partial charge >= 0.3 is 5.97 Å².